The van der Waals surface area contributed by atoms with E-state index in [-0.39, 0.29) is 5.97 Å². The average molecular weight is 424 g/mol. The van der Waals surface area contributed by atoms with Crippen LogP contribution in [0.2, 0.25) is 0 Å². The summed E-state index contributed by atoms with van der Waals surface area (Å²) in [5.74, 6) is 0.228. The average Bonchev–Trinajstić information content (AvgIpc) is 2.84. The molecule has 3 heteroatoms. The van der Waals surface area contributed by atoms with E-state index in [0.29, 0.717) is 17.4 Å². The lowest BCUT2D eigenvalue weighted by Crippen LogP contribution is -2.28. The molecule has 32 heavy (non-hydrogen) atoms. The topological polar surface area (TPSA) is 38.3 Å². The van der Waals surface area contributed by atoms with Crippen molar-refractivity contribution in [3.8, 4) is 5.75 Å². The minimum Gasteiger partial charge on any atom is -0.423 e. The second-order valence-corrected chi connectivity index (χ2v) is 8.23. The largest absolute Gasteiger partial charge is 0.423 e. The van der Waals surface area contributed by atoms with Crippen molar-refractivity contribution >= 4 is 16.7 Å². The second kappa shape index (κ2) is 10.7. The van der Waals surface area contributed by atoms with Crippen molar-refractivity contribution in [3.63, 3.8) is 0 Å². The Morgan fingerprint density at radius 1 is 0.781 bits per heavy atom. The number of nitrogens with one attached hydrogen (secondary N) is 1. The number of esters is 1. The van der Waals surface area contributed by atoms with E-state index in [9.17, 15) is 4.79 Å². The second-order valence-electron chi connectivity index (χ2n) is 8.23. The van der Waals surface area contributed by atoms with Gasteiger partial charge in [-0.2, -0.15) is 0 Å². The maximum Gasteiger partial charge on any atom is 0.343 e. The number of benzene rings is 4. The van der Waals surface area contributed by atoms with Gasteiger partial charge in [-0.1, -0.05) is 72.8 Å². The Balaban J connectivity index is 1.31. The molecule has 0 radical (unpaired) electrons. The van der Waals surface area contributed by atoms with Crippen molar-refractivity contribution in [3.05, 3.63) is 114 Å². The highest BCUT2D eigenvalue weighted by Gasteiger charge is 2.09. The summed E-state index contributed by atoms with van der Waals surface area (Å²) in [5.41, 5.74) is 3.21. The Morgan fingerprint density at radius 3 is 2.28 bits per heavy atom. The lowest BCUT2D eigenvalue weighted by molar-refractivity contribution is 0.0735. The van der Waals surface area contributed by atoms with E-state index in [1.807, 2.05) is 36.4 Å². The van der Waals surface area contributed by atoms with Crippen molar-refractivity contribution < 1.29 is 9.53 Å². The van der Waals surface area contributed by atoms with Gasteiger partial charge in [0.25, 0.3) is 0 Å². The first-order valence-corrected chi connectivity index (χ1v) is 11.2. The summed E-state index contributed by atoms with van der Waals surface area (Å²) in [6, 6.07) is 32.4. The van der Waals surface area contributed by atoms with E-state index >= 15 is 0 Å². The number of hydrogen-bond donors (Lipinski definition) is 1. The zero-order valence-electron chi connectivity index (χ0n) is 18.5. The lowest BCUT2D eigenvalue weighted by atomic mass is 10.0. The maximum absolute atomic E-state index is 12.3. The molecule has 0 aliphatic carbocycles. The van der Waals surface area contributed by atoms with Crippen molar-refractivity contribution in [2.24, 2.45) is 0 Å². The number of carbonyl (C=O) groups excluding carboxylic acids is 1. The summed E-state index contributed by atoms with van der Waals surface area (Å²) in [5, 5.41) is 5.85. The molecule has 1 atom stereocenters. The minimum atomic E-state index is -0.338. The molecule has 1 N–H and O–H groups in total. The summed E-state index contributed by atoms with van der Waals surface area (Å²) in [7, 11) is 0. The van der Waals surface area contributed by atoms with E-state index in [1.54, 1.807) is 12.1 Å². The van der Waals surface area contributed by atoms with Crippen molar-refractivity contribution in [1.82, 2.24) is 5.32 Å². The van der Waals surface area contributed by atoms with Crippen LogP contribution < -0.4 is 10.1 Å². The first kappa shape index (κ1) is 21.8. The lowest BCUT2D eigenvalue weighted by Gasteiger charge is -2.14. The normalized spacial score (nSPS) is 11.9. The van der Waals surface area contributed by atoms with Gasteiger partial charge in [-0.15, -0.1) is 0 Å². The van der Waals surface area contributed by atoms with Gasteiger partial charge >= 0.3 is 5.97 Å². The molecule has 0 spiro atoms. The van der Waals surface area contributed by atoms with Gasteiger partial charge in [0, 0.05) is 6.04 Å². The number of aryl methyl sites for hydroxylation is 1. The molecule has 0 aliphatic heterocycles. The first-order chi connectivity index (χ1) is 15.7. The highest BCUT2D eigenvalue weighted by atomic mass is 16.5. The van der Waals surface area contributed by atoms with Crippen LogP contribution in [0.25, 0.3) is 10.8 Å². The van der Waals surface area contributed by atoms with Crippen LogP contribution in [0.3, 0.4) is 0 Å². The molecule has 3 nitrogen and oxygen atoms in total. The van der Waals surface area contributed by atoms with E-state index in [2.05, 4.69) is 60.8 Å². The standard InChI is InChI=1S/C29H29NO2/c1-22(12-13-23-8-4-2-5-9-23)30-19-18-24-14-15-25-16-17-28(21-27(25)20-24)32-29(31)26-10-6-3-7-11-26/h2-11,14-17,20-22,30H,12-13,18-19H2,1H3. The van der Waals surface area contributed by atoms with Crippen LogP contribution in [0.15, 0.2) is 97.1 Å². The molecule has 0 saturated heterocycles. The number of hydrogen-bond acceptors (Lipinski definition) is 3. The highest BCUT2D eigenvalue weighted by molar-refractivity contribution is 5.92. The molecule has 162 valence electrons. The Labute approximate surface area is 190 Å². The third-order valence-corrected chi connectivity index (χ3v) is 5.71. The molecular weight excluding hydrogens is 394 g/mol. The molecule has 0 heterocycles. The summed E-state index contributed by atoms with van der Waals surface area (Å²) >= 11 is 0. The number of rotatable bonds is 9. The molecule has 4 aromatic rings. The van der Waals surface area contributed by atoms with E-state index in [4.69, 9.17) is 4.74 Å². The summed E-state index contributed by atoms with van der Waals surface area (Å²) in [6.45, 7) is 3.18. The number of fused-ring (bicyclic) bond motifs is 1. The smallest absolute Gasteiger partial charge is 0.343 e. The van der Waals surface area contributed by atoms with Gasteiger partial charge in [-0.05, 0) is 78.9 Å². The van der Waals surface area contributed by atoms with Gasteiger partial charge in [0.1, 0.15) is 5.75 Å². The van der Waals surface area contributed by atoms with Gasteiger partial charge in [0.2, 0.25) is 0 Å². The molecule has 0 saturated carbocycles. The Morgan fingerprint density at radius 2 is 1.50 bits per heavy atom. The van der Waals surface area contributed by atoms with Crippen molar-refractivity contribution in [1.29, 1.82) is 0 Å². The Bertz CT molecular complexity index is 1160. The van der Waals surface area contributed by atoms with Gasteiger partial charge < -0.3 is 10.1 Å². The minimum absolute atomic E-state index is 0.338. The molecular formula is C29H29NO2. The predicted octanol–water partition coefficient (Wildman–Crippen LogP) is 6.21. The first-order valence-electron chi connectivity index (χ1n) is 11.2. The Hall–Kier alpha value is -3.43. The van der Waals surface area contributed by atoms with Crippen molar-refractivity contribution in [2.75, 3.05) is 6.54 Å². The van der Waals surface area contributed by atoms with Crippen LogP contribution in [0.5, 0.6) is 5.75 Å². The third-order valence-electron chi connectivity index (χ3n) is 5.71. The number of ether oxygens (including phenoxy) is 1. The molecule has 0 aromatic heterocycles. The zero-order valence-corrected chi connectivity index (χ0v) is 18.5. The highest BCUT2D eigenvalue weighted by Crippen LogP contribution is 2.23. The van der Waals surface area contributed by atoms with Gasteiger partial charge in [0.05, 0.1) is 5.56 Å². The van der Waals surface area contributed by atoms with Crippen LogP contribution in [-0.4, -0.2) is 18.6 Å². The van der Waals surface area contributed by atoms with Gasteiger partial charge in [-0.25, -0.2) is 4.79 Å². The molecule has 0 amide bonds. The fraction of sp³-hybridized carbons (Fsp3) is 0.207. The Kier molecular flexibility index (Phi) is 7.31. The molecule has 0 bridgehead atoms. The summed E-state index contributed by atoms with van der Waals surface area (Å²) in [6.07, 6.45) is 3.17. The maximum atomic E-state index is 12.3. The molecule has 0 fully saturated rings. The fourth-order valence-corrected chi connectivity index (χ4v) is 3.83. The van der Waals surface area contributed by atoms with E-state index in [1.165, 1.54) is 11.1 Å². The molecule has 1 unspecified atom stereocenters. The fourth-order valence-electron chi connectivity index (χ4n) is 3.83. The van der Waals surface area contributed by atoms with E-state index < -0.39 is 0 Å². The number of carbonyl (C=O) groups is 1. The summed E-state index contributed by atoms with van der Waals surface area (Å²) in [4.78, 5) is 12.3. The van der Waals surface area contributed by atoms with Gasteiger partial charge in [-0.3, -0.25) is 0 Å². The van der Waals surface area contributed by atoms with Crippen LogP contribution in [0.1, 0.15) is 34.8 Å². The molecule has 4 aromatic carbocycles. The van der Waals surface area contributed by atoms with Crippen LogP contribution in [-0.2, 0) is 12.8 Å². The van der Waals surface area contributed by atoms with Crippen LogP contribution in [0, 0.1) is 0 Å². The van der Waals surface area contributed by atoms with Gasteiger partial charge in [0.15, 0.2) is 0 Å². The molecule has 0 aliphatic rings. The third kappa shape index (κ3) is 6.05. The SMILES string of the molecule is CC(CCc1ccccc1)NCCc1ccc2ccc(OC(=O)c3ccccc3)cc2c1. The molecule has 4 rings (SSSR count). The zero-order chi connectivity index (χ0) is 22.2. The quantitative estimate of drug-likeness (QED) is 0.257. The monoisotopic (exact) mass is 423 g/mol. The van der Waals surface area contributed by atoms with Crippen LogP contribution in [0.4, 0.5) is 0 Å². The summed E-state index contributed by atoms with van der Waals surface area (Å²) < 4.78 is 5.57. The van der Waals surface area contributed by atoms with E-state index in [0.717, 1.165) is 36.6 Å². The predicted molar refractivity (Wildman–Crippen MR) is 131 cm³/mol. The van der Waals surface area contributed by atoms with Crippen LogP contribution >= 0.6 is 0 Å². The van der Waals surface area contributed by atoms with Crippen molar-refractivity contribution in [2.45, 2.75) is 32.2 Å².